The van der Waals surface area contributed by atoms with Crippen LogP contribution in [0.3, 0.4) is 0 Å². The van der Waals surface area contributed by atoms with Crippen LogP contribution in [0.4, 0.5) is 0 Å². The Hall–Kier alpha value is -1.45. The van der Waals surface area contributed by atoms with Crippen LogP contribution < -0.4 is 5.32 Å². The fourth-order valence-electron chi connectivity index (χ4n) is 1.76. The van der Waals surface area contributed by atoms with Gasteiger partial charge < -0.3 is 5.32 Å². The molecule has 0 bridgehead atoms. The van der Waals surface area contributed by atoms with Crippen molar-refractivity contribution in [3.8, 4) is 0 Å². The first kappa shape index (κ1) is 14.6. The van der Waals surface area contributed by atoms with Crippen LogP contribution in [-0.4, -0.2) is 21.9 Å². The molecule has 1 amide bonds. The lowest BCUT2D eigenvalue weighted by Gasteiger charge is -2.13. The fraction of sp³-hybridized carbons (Fsp3) is 0.643. The van der Waals surface area contributed by atoms with Gasteiger partial charge >= 0.3 is 0 Å². The molecule has 1 aromatic heterocycles. The maximum Gasteiger partial charge on any atom is 0.271 e. The van der Waals surface area contributed by atoms with Crippen molar-refractivity contribution in [2.24, 2.45) is 0 Å². The predicted molar refractivity (Wildman–Crippen MR) is 72.5 cm³/mol. The molecule has 1 atom stereocenters. The number of aromatic nitrogens is 2. The van der Waals surface area contributed by atoms with Gasteiger partial charge in [0.15, 0.2) is 0 Å². The number of aryl methyl sites for hydroxylation is 1. The van der Waals surface area contributed by atoms with Crippen LogP contribution in [0.25, 0.3) is 0 Å². The van der Waals surface area contributed by atoms with Crippen molar-refractivity contribution >= 4 is 5.91 Å². The van der Waals surface area contributed by atoms with Crippen LogP contribution in [-0.2, 0) is 0 Å². The number of carbonyl (C=O) groups is 1. The Balaban J connectivity index is 2.33. The predicted octanol–water partition coefficient (Wildman–Crippen LogP) is 2.87. The number of nitrogens with one attached hydrogen (secondary N) is 1. The normalized spacial score (nSPS) is 12.2. The average Bonchev–Trinajstić information content (AvgIpc) is 2.35. The van der Waals surface area contributed by atoms with E-state index in [9.17, 15) is 4.79 Å². The summed E-state index contributed by atoms with van der Waals surface area (Å²) in [6.07, 6.45) is 9.06. The molecule has 1 heterocycles. The molecule has 1 unspecified atom stereocenters. The average molecular weight is 249 g/mol. The largest absolute Gasteiger partial charge is 0.348 e. The highest BCUT2D eigenvalue weighted by molar-refractivity contribution is 5.92. The van der Waals surface area contributed by atoms with E-state index >= 15 is 0 Å². The number of hydrogen-bond acceptors (Lipinski definition) is 3. The first-order valence-corrected chi connectivity index (χ1v) is 6.73. The van der Waals surface area contributed by atoms with Gasteiger partial charge in [0.25, 0.3) is 5.91 Å². The molecule has 1 N–H and O–H groups in total. The summed E-state index contributed by atoms with van der Waals surface area (Å²) in [5.41, 5.74) is 1.21. The van der Waals surface area contributed by atoms with Crippen molar-refractivity contribution in [2.75, 3.05) is 0 Å². The highest BCUT2D eigenvalue weighted by Crippen LogP contribution is 2.05. The third-order valence-electron chi connectivity index (χ3n) is 2.88. The van der Waals surface area contributed by atoms with Crippen LogP contribution >= 0.6 is 0 Å². The summed E-state index contributed by atoms with van der Waals surface area (Å²) in [5, 5.41) is 2.95. The molecule has 0 saturated carbocycles. The molecule has 1 aromatic rings. The van der Waals surface area contributed by atoms with Gasteiger partial charge in [-0.3, -0.25) is 9.78 Å². The summed E-state index contributed by atoms with van der Waals surface area (Å²) in [5.74, 6) is -0.134. The number of carbonyl (C=O) groups excluding carboxylic acids is 1. The van der Waals surface area contributed by atoms with Crippen molar-refractivity contribution in [3.63, 3.8) is 0 Å². The highest BCUT2D eigenvalue weighted by Gasteiger charge is 2.10. The molecule has 0 aromatic carbocycles. The van der Waals surface area contributed by atoms with E-state index in [-0.39, 0.29) is 11.9 Å². The van der Waals surface area contributed by atoms with Crippen molar-refractivity contribution in [1.29, 1.82) is 0 Å². The minimum Gasteiger partial charge on any atom is -0.348 e. The van der Waals surface area contributed by atoms with E-state index in [2.05, 4.69) is 22.2 Å². The monoisotopic (exact) mass is 249 g/mol. The zero-order valence-electron chi connectivity index (χ0n) is 11.6. The Bertz CT molecular complexity index is 362. The molecule has 0 aliphatic carbocycles. The van der Waals surface area contributed by atoms with E-state index in [1.807, 2.05) is 13.8 Å². The molecule has 0 fully saturated rings. The summed E-state index contributed by atoms with van der Waals surface area (Å²) >= 11 is 0. The second-order valence-corrected chi connectivity index (χ2v) is 4.77. The standard InChI is InChI=1S/C14H23N3O/c1-4-5-6-7-8-11(2)17-14(18)13-10-15-12(3)9-16-13/h9-11H,4-8H2,1-3H3,(H,17,18). The number of hydrogen-bond donors (Lipinski definition) is 1. The van der Waals surface area contributed by atoms with Gasteiger partial charge in [0.1, 0.15) is 5.69 Å². The van der Waals surface area contributed by atoms with Crippen molar-refractivity contribution < 1.29 is 4.79 Å². The Morgan fingerprint density at radius 1 is 1.28 bits per heavy atom. The number of rotatable bonds is 7. The van der Waals surface area contributed by atoms with Crippen LogP contribution in [0.5, 0.6) is 0 Å². The summed E-state index contributed by atoms with van der Waals surface area (Å²) in [6, 6.07) is 0.192. The van der Waals surface area contributed by atoms with E-state index in [0.29, 0.717) is 5.69 Å². The van der Waals surface area contributed by atoms with Crippen LogP contribution in [0, 0.1) is 6.92 Å². The van der Waals surface area contributed by atoms with Crippen molar-refractivity contribution in [2.45, 2.75) is 58.9 Å². The Morgan fingerprint density at radius 3 is 2.67 bits per heavy atom. The zero-order valence-corrected chi connectivity index (χ0v) is 11.6. The van der Waals surface area contributed by atoms with Gasteiger partial charge in [0, 0.05) is 12.2 Å². The molecule has 0 spiro atoms. The van der Waals surface area contributed by atoms with Gasteiger partial charge in [0.2, 0.25) is 0 Å². The van der Waals surface area contributed by atoms with E-state index in [1.54, 1.807) is 6.20 Å². The van der Waals surface area contributed by atoms with E-state index in [4.69, 9.17) is 0 Å². The second kappa shape index (κ2) is 7.80. The van der Waals surface area contributed by atoms with Crippen molar-refractivity contribution in [3.05, 3.63) is 23.8 Å². The number of unbranched alkanes of at least 4 members (excludes halogenated alkanes) is 3. The molecule has 4 heteroatoms. The minimum atomic E-state index is -0.134. The Labute approximate surface area is 109 Å². The quantitative estimate of drug-likeness (QED) is 0.756. The van der Waals surface area contributed by atoms with Gasteiger partial charge in [-0.05, 0) is 20.3 Å². The van der Waals surface area contributed by atoms with Crippen LogP contribution in [0.1, 0.15) is 62.1 Å². The smallest absolute Gasteiger partial charge is 0.271 e. The first-order valence-electron chi connectivity index (χ1n) is 6.73. The molecule has 18 heavy (non-hydrogen) atoms. The van der Waals surface area contributed by atoms with Gasteiger partial charge in [0.05, 0.1) is 11.9 Å². The molecule has 0 aliphatic rings. The van der Waals surface area contributed by atoms with Crippen LogP contribution in [0.15, 0.2) is 12.4 Å². The molecule has 4 nitrogen and oxygen atoms in total. The SMILES string of the molecule is CCCCCCC(C)NC(=O)c1cnc(C)cn1. The molecule has 0 saturated heterocycles. The first-order chi connectivity index (χ1) is 8.63. The lowest BCUT2D eigenvalue weighted by Crippen LogP contribution is -2.33. The lowest BCUT2D eigenvalue weighted by molar-refractivity contribution is 0.0932. The third kappa shape index (κ3) is 5.25. The minimum absolute atomic E-state index is 0.134. The van der Waals surface area contributed by atoms with E-state index in [1.165, 1.54) is 25.5 Å². The van der Waals surface area contributed by atoms with Crippen molar-refractivity contribution in [1.82, 2.24) is 15.3 Å². The maximum absolute atomic E-state index is 11.8. The fourth-order valence-corrected chi connectivity index (χ4v) is 1.76. The summed E-state index contributed by atoms with van der Waals surface area (Å²) in [4.78, 5) is 20.0. The van der Waals surface area contributed by atoms with Gasteiger partial charge in [-0.25, -0.2) is 4.98 Å². The van der Waals surface area contributed by atoms with Crippen LogP contribution in [0.2, 0.25) is 0 Å². The molecule has 100 valence electrons. The zero-order chi connectivity index (χ0) is 13.4. The maximum atomic E-state index is 11.8. The van der Waals surface area contributed by atoms with E-state index in [0.717, 1.165) is 18.5 Å². The molecule has 0 aliphatic heterocycles. The van der Waals surface area contributed by atoms with Gasteiger partial charge in [-0.2, -0.15) is 0 Å². The summed E-state index contributed by atoms with van der Waals surface area (Å²) in [7, 11) is 0. The van der Waals surface area contributed by atoms with Gasteiger partial charge in [-0.15, -0.1) is 0 Å². The number of nitrogens with zero attached hydrogens (tertiary/aromatic N) is 2. The highest BCUT2D eigenvalue weighted by atomic mass is 16.1. The topological polar surface area (TPSA) is 54.9 Å². The lowest BCUT2D eigenvalue weighted by atomic mass is 10.1. The molecular weight excluding hydrogens is 226 g/mol. The summed E-state index contributed by atoms with van der Waals surface area (Å²) < 4.78 is 0. The Kier molecular flexibility index (Phi) is 6.33. The molecule has 0 radical (unpaired) electrons. The molecular formula is C14H23N3O. The summed E-state index contributed by atoms with van der Waals surface area (Å²) in [6.45, 7) is 6.08. The second-order valence-electron chi connectivity index (χ2n) is 4.77. The Morgan fingerprint density at radius 2 is 2.06 bits per heavy atom. The molecule has 1 rings (SSSR count). The number of amides is 1. The third-order valence-corrected chi connectivity index (χ3v) is 2.88. The van der Waals surface area contributed by atoms with Gasteiger partial charge in [-0.1, -0.05) is 32.6 Å². The van der Waals surface area contributed by atoms with E-state index < -0.39 is 0 Å².